The fourth-order valence-corrected chi connectivity index (χ4v) is 0.699. The highest BCUT2D eigenvalue weighted by molar-refractivity contribution is 4.66. The Morgan fingerprint density at radius 3 is 2.57 bits per heavy atom. The summed E-state index contributed by atoms with van der Waals surface area (Å²) in [6.45, 7) is 2.05. The first-order chi connectivity index (χ1) is 3.33. The zero-order chi connectivity index (χ0) is 5.28. The van der Waals surface area contributed by atoms with Crippen molar-refractivity contribution in [2.45, 2.75) is 32.2 Å². The molecule has 7 heavy (non-hydrogen) atoms. The molecule has 1 rings (SSSR count). The molecule has 1 N–H and O–H groups in total. The molecule has 2 atom stereocenters. The quantitative estimate of drug-likeness (QED) is 0.522. The molecule has 1 fully saturated rings. The second-order valence-electron chi connectivity index (χ2n) is 1.86. The molecule has 1 saturated heterocycles. The number of hydrogen-bond donors (Lipinski definition) is 1. The second-order valence-corrected chi connectivity index (χ2v) is 1.86. The van der Waals surface area contributed by atoms with Gasteiger partial charge in [-0.15, -0.1) is 0 Å². The van der Waals surface area contributed by atoms with E-state index in [2.05, 4.69) is 6.92 Å². The topological polar surface area (TPSA) is 29.5 Å². The predicted molar refractivity (Wildman–Crippen MR) is 25.8 cm³/mol. The third-order valence-electron chi connectivity index (χ3n) is 1.27. The number of rotatable bonds is 1. The van der Waals surface area contributed by atoms with Gasteiger partial charge < -0.3 is 9.84 Å². The van der Waals surface area contributed by atoms with E-state index in [9.17, 15) is 0 Å². The van der Waals surface area contributed by atoms with Gasteiger partial charge in [0.1, 0.15) is 0 Å². The van der Waals surface area contributed by atoms with Crippen LogP contribution in [0.1, 0.15) is 19.8 Å². The van der Waals surface area contributed by atoms with Crippen LogP contribution in [0.5, 0.6) is 0 Å². The van der Waals surface area contributed by atoms with Crippen LogP contribution >= 0.6 is 0 Å². The first kappa shape index (κ1) is 5.06. The molecule has 1 aliphatic heterocycles. The Hall–Kier alpha value is -0.0800. The predicted octanol–water partition coefficient (Wildman–Crippen LogP) is 0.504. The summed E-state index contributed by atoms with van der Waals surface area (Å²) in [5.74, 6) is 0. The van der Waals surface area contributed by atoms with Crippen molar-refractivity contribution >= 4 is 0 Å². The summed E-state index contributed by atoms with van der Waals surface area (Å²) in [7, 11) is 0. The van der Waals surface area contributed by atoms with Crippen LogP contribution in [0.4, 0.5) is 0 Å². The Morgan fingerprint density at radius 2 is 2.43 bits per heavy atom. The molecule has 0 saturated carbocycles. The second kappa shape index (κ2) is 1.80. The zero-order valence-electron chi connectivity index (χ0n) is 4.42. The van der Waals surface area contributed by atoms with Crippen molar-refractivity contribution in [2.75, 3.05) is 0 Å². The zero-order valence-corrected chi connectivity index (χ0v) is 4.42. The van der Waals surface area contributed by atoms with Crippen LogP contribution in [-0.2, 0) is 4.74 Å². The number of aliphatic hydroxyl groups is 1. The van der Waals surface area contributed by atoms with E-state index in [-0.39, 0.29) is 0 Å². The van der Waals surface area contributed by atoms with E-state index in [0.29, 0.717) is 6.10 Å². The third-order valence-corrected chi connectivity index (χ3v) is 1.27. The van der Waals surface area contributed by atoms with Crippen LogP contribution in [0.15, 0.2) is 0 Å². The van der Waals surface area contributed by atoms with Crippen molar-refractivity contribution in [1.82, 2.24) is 0 Å². The number of aliphatic hydroxyl groups excluding tert-OH is 1. The van der Waals surface area contributed by atoms with Gasteiger partial charge in [0, 0.05) is 6.42 Å². The lowest BCUT2D eigenvalue weighted by molar-refractivity contribution is -0.231. The summed E-state index contributed by atoms with van der Waals surface area (Å²) < 4.78 is 4.84. The van der Waals surface area contributed by atoms with E-state index >= 15 is 0 Å². The lowest BCUT2D eigenvalue weighted by Crippen LogP contribution is -2.36. The maximum absolute atomic E-state index is 8.53. The van der Waals surface area contributed by atoms with E-state index in [0.717, 1.165) is 12.8 Å². The molecule has 0 aliphatic carbocycles. The van der Waals surface area contributed by atoms with E-state index < -0.39 is 6.29 Å². The average molecular weight is 102 g/mol. The number of hydrogen-bond acceptors (Lipinski definition) is 2. The van der Waals surface area contributed by atoms with Gasteiger partial charge in [-0.05, 0) is 6.42 Å². The molecule has 0 bridgehead atoms. The van der Waals surface area contributed by atoms with Crippen LogP contribution in [0.2, 0.25) is 0 Å². The average Bonchev–Trinajstić information content (AvgIpc) is 1.58. The normalized spacial score (nSPS) is 40.3. The van der Waals surface area contributed by atoms with Crippen molar-refractivity contribution in [2.24, 2.45) is 0 Å². The molecule has 0 aromatic carbocycles. The molecule has 0 spiro atoms. The van der Waals surface area contributed by atoms with Gasteiger partial charge in [-0.3, -0.25) is 0 Å². The molecule has 2 heteroatoms. The van der Waals surface area contributed by atoms with Crippen molar-refractivity contribution in [3.8, 4) is 0 Å². The largest absolute Gasteiger partial charge is 0.368 e. The van der Waals surface area contributed by atoms with E-state index in [1.807, 2.05) is 0 Å². The van der Waals surface area contributed by atoms with Crippen LogP contribution in [0, 0.1) is 0 Å². The lowest BCUT2D eigenvalue weighted by atomic mass is 10.1. The van der Waals surface area contributed by atoms with E-state index in [1.54, 1.807) is 0 Å². The van der Waals surface area contributed by atoms with Gasteiger partial charge in [-0.2, -0.15) is 0 Å². The molecular weight excluding hydrogens is 92.1 g/mol. The maximum Gasteiger partial charge on any atom is 0.157 e. The standard InChI is InChI=1S/C5H10O2/c1-2-4-3-5(6)7-4/h4-6H,2-3H2,1H3. The first-order valence-corrected chi connectivity index (χ1v) is 2.66. The molecular formula is C5H10O2. The number of ether oxygens (including phenoxy) is 1. The molecule has 1 aliphatic rings. The third kappa shape index (κ3) is 0.924. The van der Waals surface area contributed by atoms with Gasteiger partial charge in [-0.25, -0.2) is 0 Å². The Kier molecular flexibility index (Phi) is 1.30. The molecule has 2 nitrogen and oxygen atoms in total. The SMILES string of the molecule is CCC1CC(O)O1. The first-order valence-electron chi connectivity index (χ1n) is 2.66. The molecule has 0 aromatic heterocycles. The van der Waals surface area contributed by atoms with Crippen LogP contribution in [0.3, 0.4) is 0 Å². The minimum atomic E-state index is -0.454. The summed E-state index contributed by atoms with van der Waals surface area (Å²) in [5.41, 5.74) is 0. The van der Waals surface area contributed by atoms with Gasteiger partial charge in [0.05, 0.1) is 6.10 Å². The van der Waals surface area contributed by atoms with Gasteiger partial charge in [0.15, 0.2) is 6.29 Å². The van der Waals surface area contributed by atoms with Crippen molar-refractivity contribution in [3.05, 3.63) is 0 Å². The van der Waals surface area contributed by atoms with Crippen LogP contribution < -0.4 is 0 Å². The minimum absolute atomic E-state index is 0.343. The summed E-state index contributed by atoms with van der Waals surface area (Å²) in [4.78, 5) is 0. The molecule has 1 heterocycles. The maximum atomic E-state index is 8.53. The van der Waals surface area contributed by atoms with Crippen LogP contribution in [-0.4, -0.2) is 17.5 Å². The Bertz CT molecular complexity index is 57.1. The van der Waals surface area contributed by atoms with Crippen molar-refractivity contribution < 1.29 is 9.84 Å². The molecule has 2 unspecified atom stereocenters. The van der Waals surface area contributed by atoms with Gasteiger partial charge >= 0.3 is 0 Å². The monoisotopic (exact) mass is 102 g/mol. The van der Waals surface area contributed by atoms with E-state index in [1.165, 1.54) is 0 Å². The Balaban J connectivity index is 2.06. The fourth-order valence-electron chi connectivity index (χ4n) is 0.699. The summed E-state index contributed by atoms with van der Waals surface area (Å²) >= 11 is 0. The van der Waals surface area contributed by atoms with Crippen molar-refractivity contribution in [1.29, 1.82) is 0 Å². The molecule has 42 valence electrons. The van der Waals surface area contributed by atoms with Crippen molar-refractivity contribution in [3.63, 3.8) is 0 Å². The minimum Gasteiger partial charge on any atom is -0.368 e. The smallest absolute Gasteiger partial charge is 0.157 e. The van der Waals surface area contributed by atoms with E-state index in [4.69, 9.17) is 9.84 Å². The molecule has 0 amide bonds. The highest BCUT2D eigenvalue weighted by Crippen LogP contribution is 2.19. The summed E-state index contributed by atoms with van der Waals surface area (Å²) in [6, 6.07) is 0. The fraction of sp³-hybridized carbons (Fsp3) is 1.00. The summed E-state index contributed by atoms with van der Waals surface area (Å²) in [6.07, 6.45) is 1.74. The lowest BCUT2D eigenvalue weighted by Gasteiger charge is -2.30. The van der Waals surface area contributed by atoms with Gasteiger partial charge in [0.2, 0.25) is 0 Å². The van der Waals surface area contributed by atoms with Gasteiger partial charge in [0.25, 0.3) is 0 Å². The highest BCUT2D eigenvalue weighted by Gasteiger charge is 2.25. The Morgan fingerprint density at radius 1 is 1.86 bits per heavy atom. The van der Waals surface area contributed by atoms with Gasteiger partial charge in [-0.1, -0.05) is 6.92 Å². The molecule has 0 aromatic rings. The summed E-state index contributed by atoms with van der Waals surface area (Å²) in [5, 5.41) is 8.53. The highest BCUT2D eigenvalue weighted by atomic mass is 16.6. The Labute approximate surface area is 43.1 Å². The molecule has 0 radical (unpaired) electrons. The van der Waals surface area contributed by atoms with Crippen LogP contribution in [0.25, 0.3) is 0 Å².